The topological polar surface area (TPSA) is 64.8 Å². The molecule has 1 amide bonds. The first-order chi connectivity index (χ1) is 10.8. The second-order valence-electron chi connectivity index (χ2n) is 7.18. The molecule has 2 rings (SSSR count). The van der Waals surface area contributed by atoms with E-state index in [1.165, 1.54) is 5.56 Å². The van der Waals surface area contributed by atoms with Gasteiger partial charge >= 0.3 is 6.09 Å². The van der Waals surface area contributed by atoms with Gasteiger partial charge in [-0.2, -0.15) is 0 Å². The van der Waals surface area contributed by atoms with Crippen LogP contribution < -0.4 is 10.5 Å². The van der Waals surface area contributed by atoms with Crippen molar-refractivity contribution >= 4 is 6.09 Å². The molecule has 5 nitrogen and oxygen atoms in total. The molecule has 1 saturated heterocycles. The van der Waals surface area contributed by atoms with Crippen LogP contribution in [-0.4, -0.2) is 43.3 Å². The van der Waals surface area contributed by atoms with Gasteiger partial charge < -0.3 is 20.1 Å². The van der Waals surface area contributed by atoms with E-state index in [9.17, 15) is 4.79 Å². The van der Waals surface area contributed by atoms with Crippen LogP contribution in [0.1, 0.15) is 39.2 Å². The molecule has 2 N–H and O–H groups in total. The maximum Gasteiger partial charge on any atom is 0.410 e. The largest absolute Gasteiger partial charge is 0.497 e. The van der Waals surface area contributed by atoms with Gasteiger partial charge in [-0.25, -0.2) is 4.79 Å². The molecular formula is C18H28N2O3. The number of nitrogens with two attached hydrogens (primary N) is 1. The van der Waals surface area contributed by atoms with E-state index in [1.54, 1.807) is 12.0 Å². The molecule has 1 aromatic rings. The molecule has 128 valence electrons. The molecule has 23 heavy (non-hydrogen) atoms. The minimum atomic E-state index is -0.463. The monoisotopic (exact) mass is 320 g/mol. The fraction of sp³-hybridized carbons (Fsp3) is 0.611. The molecule has 0 unspecified atom stereocenters. The second-order valence-corrected chi connectivity index (χ2v) is 7.18. The number of likely N-dealkylation sites (tertiary alicyclic amines) is 1. The van der Waals surface area contributed by atoms with Gasteiger partial charge in [0.25, 0.3) is 0 Å². The van der Waals surface area contributed by atoms with Crippen molar-refractivity contribution in [3.05, 3.63) is 29.8 Å². The second kappa shape index (κ2) is 6.79. The molecular weight excluding hydrogens is 292 g/mol. The summed E-state index contributed by atoms with van der Waals surface area (Å²) in [6.45, 7) is 7.56. The van der Waals surface area contributed by atoms with Crippen LogP contribution in [0.25, 0.3) is 0 Å². The summed E-state index contributed by atoms with van der Waals surface area (Å²) in [5, 5.41) is 0. The number of carbonyl (C=O) groups excluding carboxylic acids is 1. The van der Waals surface area contributed by atoms with Gasteiger partial charge in [0.2, 0.25) is 0 Å². The quantitative estimate of drug-likeness (QED) is 0.930. The van der Waals surface area contributed by atoms with Crippen LogP contribution in [-0.2, 0) is 10.2 Å². The van der Waals surface area contributed by atoms with Crippen molar-refractivity contribution in [3.63, 3.8) is 0 Å². The van der Waals surface area contributed by atoms with Crippen LogP contribution in [0.3, 0.4) is 0 Å². The van der Waals surface area contributed by atoms with E-state index in [-0.39, 0.29) is 11.5 Å². The number of carbonyl (C=O) groups is 1. The number of hydrogen-bond acceptors (Lipinski definition) is 4. The fourth-order valence-corrected chi connectivity index (χ4v) is 3.00. The Balaban J connectivity index is 2.05. The third kappa shape index (κ3) is 4.16. The predicted octanol–water partition coefficient (Wildman–Crippen LogP) is 2.92. The van der Waals surface area contributed by atoms with Gasteiger partial charge in [0.05, 0.1) is 7.11 Å². The molecule has 0 atom stereocenters. The van der Waals surface area contributed by atoms with Gasteiger partial charge in [-0.3, -0.25) is 0 Å². The highest BCUT2D eigenvalue weighted by Crippen LogP contribution is 2.35. The molecule has 1 heterocycles. The Morgan fingerprint density at radius 2 is 1.78 bits per heavy atom. The van der Waals surface area contributed by atoms with Crippen molar-refractivity contribution in [1.82, 2.24) is 4.90 Å². The number of nitrogens with zero attached hydrogens (tertiary/aromatic N) is 1. The lowest BCUT2D eigenvalue weighted by Gasteiger charge is -2.41. The van der Waals surface area contributed by atoms with E-state index in [2.05, 4.69) is 12.1 Å². The molecule has 1 aliphatic rings. The average molecular weight is 320 g/mol. The highest BCUT2D eigenvalue weighted by molar-refractivity contribution is 5.68. The molecule has 0 radical (unpaired) electrons. The molecule has 0 aliphatic carbocycles. The van der Waals surface area contributed by atoms with Gasteiger partial charge in [0.1, 0.15) is 11.4 Å². The summed E-state index contributed by atoms with van der Waals surface area (Å²) in [6.07, 6.45) is 1.45. The van der Waals surface area contributed by atoms with E-state index >= 15 is 0 Å². The lowest BCUT2D eigenvalue weighted by atomic mass is 9.73. The van der Waals surface area contributed by atoms with Crippen molar-refractivity contribution in [2.75, 3.05) is 26.7 Å². The van der Waals surface area contributed by atoms with Crippen LogP contribution in [0.15, 0.2) is 24.3 Å². The summed E-state index contributed by atoms with van der Waals surface area (Å²) < 4.78 is 10.7. The van der Waals surface area contributed by atoms with E-state index in [4.69, 9.17) is 15.2 Å². The average Bonchev–Trinajstić information content (AvgIpc) is 2.53. The zero-order chi connectivity index (χ0) is 17.1. The Hall–Kier alpha value is -1.75. The number of piperidine rings is 1. The minimum Gasteiger partial charge on any atom is -0.497 e. The number of rotatable bonds is 3. The van der Waals surface area contributed by atoms with Crippen molar-refractivity contribution in [2.24, 2.45) is 5.73 Å². The van der Waals surface area contributed by atoms with Crippen molar-refractivity contribution in [3.8, 4) is 5.75 Å². The normalized spacial score (nSPS) is 17.7. The van der Waals surface area contributed by atoms with Crippen LogP contribution in [0.5, 0.6) is 5.75 Å². The molecule has 0 aromatic heterocycles. The Morgan fingerprint density at radius 3 is 2.22 bits per heavy atom. The molecule has 0 spiro atoms. The molecule has 1 aromatic carbocycles. The summed E-state index contributed by atoms with van der Waals surface area (Å²) in [7, 11) is 1.66. The maximum atomic E-state index is 12.2. The Labute approximate surface area is 138 Å². The fourth-order valence-electron chi connectivity index (χ4n) is 3.00. The standard InChI is InChI=1S/C18H28N2O3/c1-17(2,3)23-16(21)20-11-9-18(13-19,10-12-20)14-5-7-15(22-4)8-6-14/h5-8H,9-13,19H2,1-4H3. The van der Waals surface area contributed by atoms with Crippen LogP contribution in [0, 0.1) is 0 Å². The Bertz CT molecular complexity index is 526. The summed E-state index contributed by atoms with van der Waals surface area (Å²) in [5.41, 5.74) is 6.77. The molecule has 1 fully saturated rings. The smallest absolute Gasteiger partial charge is 0.410 e. The van der Waals surface area contributed by atoms with E-state index in [1.807, 2.05) is 32.9 Å². The Morgan fingerprint density at radius 1 is 1.22 bits per heavy atom. The summed E-state index contributed by atoms with van der Waals surface area (Å²) in [6, 6.07) is 8.09. The minimum absolute atomic E-state index is 0.0786. The van der Waals surface area contributed by atoms with E-state index < -0.39 is 5.60 Å². The van der Waals surface area contributed by atoms with Crippen molar-refractivity contribution in [1.29, 1.82) is 0 Å². The molecule has 0 bridgehead atoms. The first-order valence-electron chi connectivity index (χ1n) is 8.12. The van der Waals surface area contributed by atoms with Gasteiger partial charge in [0, 0.05) is 25.0 Å². The first-order valence-corrected chi connectivity index (χ1v) is 8.12. The summed E-state index contributed by atoms with van der Waals surface area (Å²) in [4.78, 5) is 14.0. The lowest BCUT2D eigenvalue weighted by Crippen LogP contribution is -2.49. The number of benzene rings is 1. The highest BCUT2D eigenvalue weighted by Gasteiger charge is 2.37. The van der Waals surface area contributed by atoms with Crippen LogP contribution >= 0.6 is 0 Å². The molecule has 0 saturated carbocycles. The first kappa shape index (κ1) is 17.6. The Kier molecular flexibility index (Phi) is 5.19. The SMILES string of the molecule is COc1ccc(C2(CN)CCN(C(=O)OC(C)(C)C)CC2)cc1. The van der Waals surface area contributed by atoms with Crippen LogP contribution in [0.2, 0.25) is 0 Å². The molecule has 1 aliphatic heterocycles. The highest BCUT2D eigenvalue weighted by atomic mass is 16.6. The maximum absolute atomic E-state index is 12.2. The lowest BCUT2D eigenvalue weighted by molar-refractivity contribution is 0.0167. The van der Waals surface area contributed by atoms with Crippen LogP contribution in [0.4, 0.5) is 4.79 Å². The zero-order valence-corrected chi connectivity index (χ0v) is 14.6. The van der Waals surface area contributed by atoms with E-state index in [0.29, 0.717) is 19.6 Å². The molecule has 5 heteroatoms. The third-order valence-corrected chi connectivity index (χ3v) is 4.47. The number of amides is 1. The predicted molar refractivity (Wildman–Crippen MR) is 90.8 cm³/mol. The third-order valence-electron chi connectivity index (χ3n) is 4.47. The summed E-state index contributed by atoms with van der Waals surface area (Å²) in [5.74, 6) is 0.840. The van der Waals surface area contributed by atoms with Gasteiger partial charge in [-0.05, 0) is 51.3 Å². The van der Waals surface area contributed by atoms with Crippen molar-refractivity contribution < 1.29 is 14.3 Å². The zero-order valence-electron chi connectivity index (χ0n) is 14.6. The number of hydrogen-bond donors (Lipinski definition) is 1. The van der Waals surface area contributed by atoms with Gasteiger partial charge in [-0.15, -0.1) is 0 Å². The summed E-state index contributed by atoms with van der Waals surface area (Å²) >= 11 is 0. The van der Waals surface area contributed by atoms with Gasteiger partial charge in [0.15, 0.2) is 0 Å². The van der Waals surface area contributed by atoms with E-state index in [0.717, 1.165) is 18.6 Å². The van der Waals surface area contributed by atoms with Gasteiger partial charge in [-0.1, -0.05) is 12.1 Å². The van der Waals surface area contributed by atoms with Crippen molar-refractivity contribution in [2.45, 2.75) is 44.6 Å². The number of methoxy groups -OCH3 is 1. The number of ether oxygens (including phenoxy) is 2.